The van der Waals surface area contributed by atoms with E-state index in [2.05, 4.69) is 15.5 Å². The maximum atomic E-state index is 11.9. The highest BCUT2D eigenvalue weighted by Crippen LogP contribution is 2.32. The lowest BCUT2D eigenvalue weighted by Gasteiger charge is -2.18. The van der Waals surface area contributed by atoms with E-state index in [1.807, 2.05) is 13.8 Å². The summed E-state index contributed by atoms with van der Waals surface area (Å²) in [6, 6.07) is 0.324. The van der Waals surface area contributed by atoms with E-state index in [0.717, 1.165) is 12.8 Å². The molecule has 0 amide bonds. The van der Waals surface area contributed by atoms with E-state index in [9.17, 15) is 8.42 Å². The molecular weight excluding hydrogens is 254 g/mol. The molecular formula is C11H19N3O3S. The lowest BCUT2D eigenvalue weighted by atomic mass is 10.2. The van der Waals surface area contributed by atoms with Gasteiger partial charge in [0.2, 0.25) is 5.89 Å². The molecule has 1 aliphatic rings. The van der Waals surface area contributed by atoms with E-state index < -0.39 is 15.1 Å². The molecule has 0 saturated carbocycles. The highest BCUT2D eigenvalue weighted by Gasteiger charge is 2.34. The summed E-state index contributed by atoms with van der Waals surface area (Å²) in [5, 5.41) is 6.38. The number of rotatable bonds is 4. The van der Waals surface area contributed by atoms with Crippen LogP contribution in [0, 0.1) is 0 Å². The predicted molar refractivity (Wildman–Crippen MR) is 66.7 cm³/mol. The van der Waals surface area contributed by atoms with Crippen molar-refractivity contribution in [1.82, 2.24) is 15.5 Å². The summed E-state index contributed by atoms with van der Waals surface area (Å²) >= 11 is 0. The molecule has 0 aliphatic carbocycles. The first-order valence-electron chi connectivity index (χ1n) is 6.26. The van der Waals surface area contributed by atoms with Gasteiger partial charge in [-0.25, -0.2) is 8.42 Å². The summed E-state index contributed by atoms with van der Waals surface area (Å²) in [5.41, 5.74) is 0. The van der Waals surface area contributed by atoms with Crippen LogP contribution in [-0.4, -0.2) is 30.4 Å². The average Bonchev–Trinajstić information content (AvgIpc) is 2.74. The van der Waals surface area contributed by atoms with Crippen molar-refractivity contribution in [2.75, 3.05) is 5.75 Å². The van der Waals surface area contributed by atoms with Gasteiger partial charge in [0.25, 0.3) is 0 Å². The molecule has 0 spiro atoms. The fraction of sp³-hybridized carbons (Fsp3) is 0.818. The monoisotopic (exact) mass is 273 g/mol. The van der Waals surface area contributed by atoms with Gasteiger partial charge >= 0.3 is 0 Å². The number of nitrogens with zero attached hydrogens (tertiary/aromatic N) is 2. The molecule has 0 radical (unpaired) electrons. The number of aromatic nitrogens is 2. The maximum Gasteiger partial charge on any atom is 0.245 e. The Bertz CT molecular complexity index is 495. The van der Waals surface area contributed by atoms with Crippen molar-refractivity contribution in [2.24, 2.45) is 0 Å². The molecule has 7 heteroatoms. The fourth-order valence-corrected chi connectivity index (χ4v) is 3.82. The van der Waals surface area contributed by atoms with E-state index in [1.54, 1.807) is 0 Å². The molecule has 6 nitrogen and oxygen atoms in total. The molecule has 18 heavy (non-hydrogen) atoms. The summed E-state index contributed by atoms with van der Waals surface area (Å²) in [6.07, 6.45) is 2.21. The Kier molecular flexibility index (Phi) is 4.01. The summed E-state index contributed by atoms with van der Waals surface area (Å²) in [7, 11) is -3.11. The summed E-state index contributed by atoms with van der Waals surface area (Å²) in [6.45, 7) is 4.53. The summed E-state index contributed by atoms with van der Waals surface area (Å²) < 4.78 is 28.9. The lowest BCUT2D eigenvalue weighted by molar-refractivity contribution is 0.357. The fourth-order valence-electron chi connectivity index (χ4n) is 2.00. The Hall–Kier alpha value is -0.950. The van der Waals surface area contributed by atoms with Crippen LogP contribution in [0.4, 0.5) is 0 Å². The average molecular weight is 273 g/mol. The van der Waals surface area contributed by atoms with E-state index in [1.165, 1.54) is 0 Å². The van der Waals surface area contributed by atoms with Gasteiger partial charge in [-0.05, 0) is 12.8 Å². The third-order valence-corrected chi connectivity index (χ3v) is 5.17. The third kappa shape index (κ3) is 3.08. The second-order valence-electron chi connectivity index (χ2n) is 4.94. The highest BCUT2D eigenvalue weighted by atomic mass is 32.2. The minimum Gasteiger partial charge on any atom is -0.338 e. The molecule has 0 bridgehead atoms. The number of nitrogens with one attached hydrogen (secondary N) is 1. The molecule has 1 saturated heterocycles. The molecule has 1 fully saturated rings. The van der Waals surface area contributed by atoms with Gasteiger partial charge in [0.15, 0.2) is 15.7 Å². The number of hydrogen-bond acceptors (Lipinski definition) is 6. The molecule has 1 aromatic rings. The lowest BCUT2D eigenvalue weighted by Crippen LogP contribution is -2.23. The molecule has 1 N–H and O–H groups in total. The minimum atomic E-state index is -3.11. The van der Waals surface area contributed by atoms with E-state index in [-0.39, 0.29) is 11.6 Å². The smallest absolute Gasteiger partial charge is 0.245 e. The van der Waals surface area contributed by atoms with Crippen LogP contribution in [0.2, 0.25) is 0 Å². The normalized spacial score (nSPS) is 23.4. The Morgan fingerprint density at radius 2 is 2.22 bits per heavy atom. The highest BCUT2D eigenvalue weighted by molar-refractivity contribution is 7.91. The molecule has 0 aromatic carbocycles. The maximum absolute atomic E-state index is 11.9. The van der Waals surface area contributed by atoms with Gasteiger partial charge in [-0.2, -0.15) is 4.98 Å². The van der Waals surface area contributed by atoms with Crippen molar-refractivity contribution in [3.63, 3.8) is 0 Å². The van der Waals surface area contributed by atoms with Gasteiger partial charge in [0.05, 0.1) is 12.3 Å². The standard InChI is InChI=1S/C11H19N3O3S/c1-8(2)12-7-10-13-11(17-14-10)9-5-3-4-6-18(9,15)16/h8-9,12H,3-7H2,1-2H3. The minimum absolute atomic E-state index is 0.222. The van der Waals surface area contributed by atoms with Gasteiger partial charge in [0.1, 0.15) is 5.25 Å². The quantitative estimate of drug-likeness (QED) is 0.887. The first-order chi connectivity index (χ1) is 8.49. The van der Waals surface area contributed by atoms with Crippen LogP contribution < -0.4 is 5.32 Å². The van der Waals surface area contributed by atoms with Crippen molar-refractivity contribution in [3.8, 4) is 0 Å². The van der Waals surface area contributed by atoms with E-state index in [0.29, 0.717) is 24.8 Å². The van der Waals surface area contributed by atoms with Gasteiger partial charge in [0, 0.05) is 6.04 Å². The first-order valence-corrected chi connectivity index (χ1v) is 7.98. The molecule has 1 aliphatic heterocycles. The zero-order chi connectivity index (χ0) is 13.2. The van der Waals surface area contributed by atoms with Gasteiger partial charge in [-0.1, -0.05) is 25.4 Å². The predicted octanol–water partition coefficient (Wildman–Crippen LogP) is 1.21. The van der Waals surface area contributed by atoms with Gasteiger partial charge in [-0.3, -0.25) is 0 Å². The summed E-state index contributed by atoms with van der Waals surface area (Å²) in [4.78, 5) is 4.18. The molecule has 1 unspecified atom stereocenters. The zero-order valence-electron chi connectivity index (χ0n) is 10.7. The molecule has 1 atom stereocenters. The second-order valence-corrected chi connectivity index (χ2v) is 7.24. The SMILES string of the molecule is CC(C)NCc1noc(C2CCCCS2(=O)=O)n1. The van der Waals surface area contributed by atoms with Crippen molar-refractivity contribution >= 4 is 9.84 Å². The van der Waals surface area contributed by atoms with Crippen molar-refractivity contribution in [2.45, 2.75) is 50.9 Å². The molecule has 102 valence electrons. The van der Waals surface area contributed by atoms with E-state index in [4.69, 9.17) is 4.52 Å². The number of hydrogen-bond donors (Lipinski definition) is 1. The Morgan fingerprint density at radius 3 is 2.89 bits per heavy atom. The third-order valence-electron chi connectivity index (χ3n) is 3.01. The van der Waals surface area contributed by atoms with Gasteiger partial charge in [-0.15, -0.1) is 0 Å². The topological polar surface area (TPSA) is 85.1 Å². The first kappa shape index (κ1) is 13.5. The van der Waals surface area contributed by atoms with Crippen LogP contribution in [0.1, 0.15) is 50.1 Å². The van der Waals surface area contributed by atoms with Crippen molar-refractivity contribution in [3.05, 3.63) is 11.7 Å². The zero-order valence-corrected chi connectivity index (χ0v) is 11.5. The number of sulfone groups is 1. The second kappa shape index (κ2) is 5.36. The van der Waals surface area contributed by atoms with Crippen LogP contribution in [0.25, 0.3) is 0 Å². The molecule has 2 rings (SSSR count). The van der Waals surface area contributed by atoms with E-state index >= 15 is 0 Å². The van der Waals surface area contributed by atoms with Gasteiger partial charge < -0.3 is 9.84 Å². The largest absolute Gasteiger partial charge is 0.338 e. The molecule has 1 aromatic heterocycles. The summed E-state index contributed by atoms with van der Waals surface area (Å²) in [5.74, 6) is 0.981. The van der Waals surface area contributed by atoms with Crippen molar-refractivity contribution < 1.29 is 12.9 Å². The van der Waals surface area contributed by atoms with Crippen LogP contribution >= 0.6 is 0 Å². The Balaban J connectivity index is 2.09. The Labute approximate surface area is 107 Å². The van der Waals surface area contributed by atoms with Crippen LogP contribution in [0.15, 0.2) is 4.52 Å². The van der Waals surface area contributed by atoms with Crippen LogP contribution in [0.5, 0.6) is 0 Å². The van der Waals surface area contributed by atoms with Crippen LogP contribution in [0.3, 0.4) is 0 Å². The van der Waals surface area contributed by atoms with Crippen molar-refractivity contribution in [1.29, 1.82) is 0 Å². The Morgan fingerprint density at radius 1 is 1.44 bits per heavy atom. The molecule has 2 heterocycles. The van der Waals surface area contributed by atoms with Crippen LogP contribution in [-0.2, 0) is 16.4 Å².